The lowest BCUT2D eigenvalue weighted by atomic mass is 10.2. The number of rotatable bonds is 0. The fraction of sp³-hybridized carbons (Fsp3) is 0.833. The van der Waals surface area contributed by atoms with Gasteiger partial charge >= 0.3 is 0 Å². The zero-order valence-electron chi connectivity index (χ0n) is 5.34. The number of halogens is 1. The minimum Gasteiger partial charge on any atom is -0.306 e. The molecule has 0 amide bonds. The van der Waals surface area contributed by atoms with Crippen LogP contribution in [0.5, 0.6) is 0 Å². The molecule has 1 aliphatic heterocycles. The van der Waals surface area contributed by atoms with Gasteiger partial charge in [0.15, 0.2) is 6.19 Å². The SMILES string of the molecule is CC1C(Cl)CCN1C#N. The Morgan fingerprint density at radius 2 is 2.44 bits per heavy atom. The molecule has 1 heterocycles. The second-order valence-electron chi connectivity index (χ2n) is 2.34. The van der Waals surface area contributed by atoms with Crippen LogP contribution in [0, 0.1) is 11.5 Å². The smallest absolute Gasteiger partial charge is 0.179 e. The second-order valence-corrected chi connectivity index (χ2v) is 2.90. The fourth-order valence-corrected chi connectivity index (χ4v) is 1.28. The predicted octanol–water partition coefficient (Wildman–Crippen LogP) is 1.17. The Hall–Kier alpha value is -0.420. The summed E-state index contributed by atoms with van der Waals surface area (Å²) in [6, 6.07) is 0.233. The quantitative estimate of drug-likeness (QED) is 0.377. The van der Waals surface area contributed by atoms with Crippen molar-refractivity contribution in [2.75, 3.05) is 6.54 Å². The molecule has 2 unspecified atom stereocenters. The summed E-state index contributed by atoms with van der Waals surface area (Å²) in [5.74, 6) is 0. The molecule has 3 heteroatoms. The summed E-state index contributed by atoms with van der Waals surface area (Å²) in [4.78, 5) is 1.72. The molecule has 0 radical (unpaired) electrons. The maximum Gasteiger partial charge on any atom is 0.179 e. The van der Waals surface area contributed by atoms with Crippen LogP contribution in [0.3, 0.4) is 0 Å². The zero-order valence-corrected chi connectivity index (χ0v) is 6.10. The minimum atomic E-state index is 0.171. The lowest BCUT2D eigenvalue weighted by Gasteiger charge is -2.13. The summed E-state index contributed by atoms with van der Waals surface area (Å²) in [5.41, 5.74) is 0. The number of alkyl halides is 1. The van der Waals surface area contributed by atoms with Gasteiger partial charge in [-0.2, -0.15) is 5.26 Å². The van der Waals surface area contributed by atoms with E-state index in [0.717, 1.165) is 13.0 Å². The van der Waals surface area contributed by atoms with Crippen LogP contribution < -0.4 is 0 Å². The monoisotopic (exact) mass is 144 g/mol. The highest BCUT2D eigenvalue weighted by Gasteiger charge is 2.27. The third-order valence-electron chi connectivity index (χ3n) is 1.79. The predicted molar refractivity (Wildman–Crippen MR) is 36.0 cm³/mol. The van der Waals surface area contributed by atoms with E-state index in [2.05, 4.69) is 6.19 Å². The Kier molecular flexibility index (Phi) is 1.82. The summed E-state index contributed by atoms with van der Waals surface area (Å²) in [7, 11) is 0. The molecule has 1 aliphatic rings. The first-order chi connectivity index (χ1) is 4.25. The van der Waals surface area contributed by atoms with Crippen molar-refractivity contribution in [3.05, 3.63) is 0 Å². The second kappa shape index (κ2) is 2.45. The molecule has 50 valence electrons. The first-order valence-corrected chi connectivity index (χ1v) is 3.50. The molecule has 0 aromatic carbocycles. The van der Waals surface area contributed by atoms with Gasteiger partial charge in [-0.3, -0.25) is 0 Å². The molecule has 0 spiro atoms. The van der Waals surface area contributed by atoms with Gasteiger partial charge in [-0.1, -0.05) is 0 Å². The Morgan fingerprint density at radius 3 is 2.67 bits per heavy atom. The number of hydrogen-bond acceptors (Lipinski definition) is 2. The van der Waals surface area contributed by atoms with E-state index in [0.29, 0.717) is 0 Å². The molecular weight excluding hydrogens is 136 g/mol. The van der Waals surface area contributed by atoms with E-state index >= 15 is 0 Å². The summed E-state index contributed by atoms with van der Waals surface area (Å²) in [6.45, 7) is 2.81. The fourth-order valence-electron chi connectivity index (χ4n) is 1.04. The van der Waals surface area contributed by atoms with Crippen LogP contribution in [-0.4, -0.2) is 22.9 Å². The Morgan fingerprint density at radius 1 is 1.78 bits per heavy atom. The summed E-state index contributed by atoms with van der Waals surface area (Å²) >= 11 is 5.84. The first-order valence-electron chi connectivity index (χ1n) is 3.06. The molecule has 0 aliphatic carbocycles. The average Bonchev–Trinajstić information content (AvgIpc) is 2.15. The van der Waals surface area contributed by atoms with Gasteiger partial charge in [-0.15, -0.1) is 11.6 Å². The van der Waals surface area contributed by atoms with Gasteiger partial charge in [0.1, 0.15) is 0 Å². The maximum absolute atomic E-state index is 8.47. The summed E-state index contributed by atoms with van der Waals surface area (Å²) in [5, 5.41) is 8.64. The van der Waals surface area contributed by atoms with Gasteiger partial charge in [0.05, 0.1) is 11.4 Å². The van der Waals surface area contributed by atoms with Crippen LogP contribution in [0.25, 0.3) is 0 Å². The highest BCUT2D eigenvalue weighted by Crippen LogP contribution is 2.20. The van der Waals surface area contributed by atoms with Crippen molar-refractivity contribution in [3.8, 4) is 6.19 Å². The topological polar surface area (TPSA) is 27.0 Å². The molecule has 0 aromatic heterocycles. The van der Waals surface area contributed by atoms with E-state index in [9.17, 15) is 0 Å². The van der Waals surface area contributed by atoms with E-state index < -0.39 is 0 Å². The van der Waals surface area contributed by atoms with Gasteiger partial charge in [0.2, 0.25) is 0 Å². The van der Waals surface area contributed by atoms with Crippen molar-refractivity contribution in [2.45, 2.75) is 24.8 Å². The van der Waals surface area contributed by atoms with Gasteiger partial charge in [-0.25, -0.2) is 0 Å². The molecule has 9 heavy (non-hydrogen) atoms. The van der Waals surface area contributed by atoms with Crippen LogP contribution in [0.4, 0.5) is 0 Å². The van der Waals surface area contributed by atoms with E-state index in [1.165, 1.54) is 0 Å². The van der Waals surface area contributed by atoms with Gasteiger partial charge in [-0.05, 0) is 13.3 Å². The van der Waals surface area contributed by atoms with Crippen molar-refractivity contribution >= 4 is 11.6 Å². The largest absolute Gasteiger partial charge is 0.306 e. The molecule has 0 aromatic rings. The number of likely N-dealkylation sites (tertiary alicyclic amines) is 1. The van der Waals surface area contributed by atoms with Crippen LogP contribution in [-0.2, 0) is 0 Å². The van der Waals surface area contributed by atoms with Crippen molar-refractivity contribution in [2.24, 2.45) is 0 Å². The number of nitriles is 1. The molecular formula is C6H9ClN2. The van der Waals surface area contributed by atoms with Crippen molar-refractivity contribution in [1.82, 2.24) is 4.90 Å². The molecule has 1 rings (SSSR count). The lowest BCUT2D eigenvalue weighted by molar-refractivity contribution is 0.390. The molecule has 2 nitrogen and oxygen atoms in total. The zero-order chi connectivity index (χ0) is 6.85. The summed E-state index contributed by atoms with van der Waals surface area (Å²) < 4.78 is 0. The number of nitrogens with zero attached hydrogens (tertiary/aromatic N) is 2. The molecule has 0 saturated carbocycles. The van der Waals surface area contributed by atoms with Gasteiger partial charge in [0, 0.05) is 6.54 Å². The van der Waals surface area contributed by atoms with Crippen LogP contribution in [0.15, 0.2) is 0 Å². The van der Waals surface area contributed by atoms with E-state index in [1.807, 2.05) is 6.92 Å². The minimum absolute atomic E-state index is 0.171. The average molecular weight is 145 g/mol. The molecule has 2 atom stereocenters. The third kappa shape index (κ3) is 1.11. The van der Waals surface area contributed by atoms with Crippen LogP contribution in [0.1, 0.15) is 13.3 Å². The molecule has 0 bridgehead atoms. The molecule has 0 N–H and O–H groups in total. The third-order valence-corrected chi connectivity index (χ3v) is 2.37. The normalized spacial score (nSPS) is 34.6. The maximum atomic E-state index is 8.47. The Labute approximate surface area is 60.0 Å². The summed E-state index contributed by atoms with van der Waals surface area (Å²) in [6.07, 6.45) is 3.03. The Bertz CT molecular complexity index is 140. The van der Waals surface area contributed by atoms with Crippen LogP contribution in [0.2, 0.25) is 0 Å². The number of hydrogen-bond donors (Lipinski definition) is 0. The van der Waals surface area contributed by atoms with E-state index in [1.54, 1.807) is 4.90 Å². The standard InChI is InChI=1S/C6H9ClN2/c1-5-6(7)2-3-9(5)4-8/h5-6H,2-3H2,1H3. The van der Waals surface area contributed by atoms with Gasteiger partial charge < -0.3 is 4.90 Å². The highest BCUT2D eigenvalue weighted by atomic mass is 35.5. The molecule has 1 saturated heterocycles. The first kappa shape index (κ1) is 6.70. The molecule has 1 fully saturated rings. The highest BCUT2D eigenvalue weighted by molar-refractivity contribution is 6.21. The van der Waals surface area contributed by atoms with Crippen molar-refractivity contribution < 1.29 is 0 Å². The van der Waals surface area contributed by atoms with E-state index in [4.69, 9.17) is 16.9 Å². The van der Waals surface area contributed by atoms with Crippen molar-refractivity contribution in [1.29, 1.82) is 5.26 Å². The van der Waals surface area contributed by atoms with Crippen LogP contribution >= 0.6 is 11.6 Å². The van der Waals surface area contributed by atoms with E-state index in [-0.39, 0.29) is 11.4 Å². The lowest BCUT2D eigenvalue weighted by Crippen LogP contribution is -2.25. The van der Waals surface area contributed by atoms with Gasteiger partial charge in [0.25, 0.3) is 0 Å². The van der Waals surface area contributed by atoms with Crippen molar-refractivity contribution in [3.63, 3.8) is 0 Å². The Balaban J connectivity index is 2.54.